The van der Waals surface area contributed by atoms with Gasteiger partial charge in [-0.05, 0) is 51.9 Å². The molecule has 1 unspecified atom stereocenters. The average Bonchev–Trinajstić information content (AvgIpc) is 2.27. The van der Waals surface area contributed by atoms with Gasteiger partial charge in [-0.25, -0.2) is 4.79 Å². The molecule has 0 bridgehead atoms. The number of amides is 1. The summed E-state index contributed by atoms with van der Waals surface area (Å²) >= 11 is 0. The fourth-order valence-corrected chi connectivity index (χ4v) is 1.73. The minimum Gasteiger partial charge on any atom is -0.444 e. The number of nitrogens with one attached hydrogen (secondary N) is 2. The van der Waals surface area contributed by atoms with Gasteiger partial charge in [-0.3, -0.25) is 5.32 Å². The molecule has 0 aliphatic rings. The molecule has 4 nitrogen and oxygen atoms in total. The first-order valence-electron chi connectivity index (χ1n) is 6.65. The minimum atomic E-state index is -0.487. The van der Waals surface area contributed by atoms with Crippen LogP contribution in [0.5, 0.6) is 0 Å². The number of hydrogen-bond acceptors (Lipinski definition) is 3. The van der Waals surface area contributed by atoms with Gasteiger partial charge in [0.15, 0.2) is 0 Å². The summed E-state index contributed by atoms with van der Waals surface area (Å²) in [5.41, 5.74) is 1.39. The van der Waals surface area contributed by atoms with Crippen LogP contribution in [0.2, 0.25) is 0 Å². The first kappa shape index (κ1) is 15.5. The van der Waals surface area contributed by atoms with Crippen LogP contribution in [0.15, 0.2) is 24.3 Å². The van der Waals surface area contributed by atoms with Crippen molar-refractivity contribution in [3.8, 4) is 0 Å². The van der Waals surface area contributed by atoms with E-state index in [4.69, 9.17) is 4.74 Å². The van der Waals surface area contributed by atoms with Crippen LogP contribution in [0.1, 0.15) is 46.2 Å². The van der Waals surface area contributed by atoms with Gasteiger partial charge in [0.1, 0.15) is 5.60 Å². The smallest absolute Gasteiger partial charge is 0.412 e. The fourth-order valence-electron chi connectivity index (χ4n) is 1.73. The number of hydrogen-bond donors (Lipinski definition) is 2. The number of ether oxygens (including phenoxy) is 1. The van der Waals surface area contributed by atoms with Gasteiger partial charge in [0.25, 0.3) is 0 Å². The molecule has 0 spiro atoms. The van der Waals surface area contributed by atoms with E-state index in [0.29, 0.717) is 0 Å². The van der Waals surface area contributed by atoms with Crippen LogP contribution < -0.4 is 10.6 Å². The lowest BCUT2D eigenvalue weighted by Crippen LogP contribution is -2.27. The van der Waals surface area contributed by atoms with Crippen LogP contribution in [0, 0.1) is 0 Å². The Hall–Kier alpha value is -1.55. The highest BCUT2D eigenvalue weighted by atomic mass is 16.6. The molecule has 0 aromatic heterocycles. The standard InChI is InChI=1S/C15H24N2O2/c1-6-16-11(2)12-8-7-9-13(10-12)17-14(18)19-15(3,4)5/h7-11,16H,6H2,1-5H3,(H,17,18). The van der Waals surface area contributed by atoms with Crippen molar-refractivity contribution in [1.29, 1.82) is 0 Å². The summed E-state index contributed by atoms with van der Waals surface area (Å²) in [4.78, 5) is 11.7. The van der Waals surface area contributed by atoms with Gasteiger partial charge in [-0.1, -0.05) is 19.1 Å². The lowest BCUT2D eigenvalue weighted by molar-refractivity contribution is 0.0636. The van der Waals surface area contributed by atoms with E-state index in [1.165, 1.54) is 0 Å². The summed E-state index contributed by atoms with van der Waals surface area (Å²) in [5.74, 6) is 0. The maximum absolute atomic E-state index is 11.7. The van der Waals surface area contributed by atoms with Crippen molar-refractivity contribution in [3.63, 3.8) is 0 Å². The SMILES string of the molecule is CCNC(C)c1cccc(NC(=O)OC(C)(C)C)c1. The molecule has 0 fully saturated rings. The lowest BCUT2D eigenvalue weighted by Gasteiger charge is -2.20. The van der Waals surface area contributed by atoms with Gasteiger partial charge >= 0.3 is 6.09 Å². The van der Waals surface area contributed by atoms with Crippen LogP contribution in [0.3, 0.4) is 0 Å². The molecule has 0 aliphatic carbocycles. The van der Waals surface area contributed by atoms with Gasteiger partial charge in [0.2, 0.25) is 0 Å². The average molecular weight is 264 g/mol. The Kier molecular flexibility index (Phi) is 5.36. The molecular weight excluding hydrogens is 240 g/mol. The zero-order valence-electron chi connectivity index (χ0n) is 12.4. The van der Waals surface area contributed by atoms with E-state index >= 15 is 0 Å². The molecule has 0 saturated heterocycles. The van der Waals surface area contributed by atoms with Gasteiger partial charge in [0.05, 0.1) is 0 Å². The monoisotopic (exact) mass is 264 g/mol. The van der Waals surface area contributed by atoms with Crippen LogP contribution in [-0.4, -0.2) is 18.2 Å². The number of carbonyl (C=O) groups is 1. The highest BCUT2D eigenvalue weighted by Gasteiger charge is 2.16. The van der Waals surface area contributed by atoms with Crippen molar-refractivity contribution in [2.24, 2.45) is 0 Å². The highest BCUT2D eigenvalue weighted by Crippen LogP contribution is 2.18. The molecule has 1 amide bonds. The molecule has 0 radical (unpaired) electrons. The second-order valence-electron chi connectivity index (χ2n) is 5.53. The Balaban J connectivity index is 2.69. The van der Waals surface area contributed by atoms with E-state index in [2.05, 4.69) is 24.5 Å². The van der Waals surface area contributed by atoms with E-state index < -0.39 is 11.7 Å². The Labute approximate surface area is 115 Å². The molecule has 2 N–H and O–H groups in total. The van der Waals surface area contributed by atoms with E-state index in [-0.39, 0.29) is 6.04 Å². The molecule has 0 saturated carbocycles. The Morgan fingerprint density at radius 1 is 1.37 bits per heavy atom. The predicted molar refractivity (Wildman–Crippen MR) is 78.4 cm³/mol. The summed E-state index contributed by atoms with van der Waals surface area (Å²) in [6.07, 6.45) is -0.430. The van der Waals surface area contributed by atoms with E-state index in [1.54, 1.807) is 0 Å². The second-order valence-corrected chi connectivity index (χ2v) is 5.53. The number of benzene rings is 1. The van der Waals surface area contributed by atoms with Gasteiger partial charge in [0, 0.05) is 11.7 Å². The van der Waals surface area contributed by atoms with Crippen molar-refractivity contribution in [3.05, 3.63) is 29.8 Å². The minimum absolute atomic E-state index is 0.255. The van der Waals surface area contributed by atoms with Crippen LogP contribution >= 0.6 is 0 Å². The molecule has 1 atom stereocenters. The Morgan fingerprint density at radius 3 is 2.63 bits per heavy atom. The molecule has 0 heterocycles. The summed E-state index contributed by atoms with van der Waals surface area (Å²) in [6, 6.07) is 8.03. The number of anilines is 1. The first-order chi connectivity index (χ1) is 8.81. The maximum Gasteiger partial charge on any atom is 0.412 e. The number of carbonyl (C=O) groups excluding carboxylic acids is 1. The molecule has 1 aromatic rings. The van der Waals surface area contributed by atoms with Crippen molar-refractivity contribution in [1.82, 2.24) is 5.32 Å². The molecule has 19 heavy (non-hydrogen) atoms. The number of rotatable bonds is 4. The largest absolute Gasteiger partial charge is 0.444 e. The molecule has 0 aliphatic heterocycles. The second kappa shape index (κ2) is 6.57. The van der Waals surface area contributed by atoms with E-state index in [1.807, 2.05) is 45.0 Å². The predicted octanol–water partition coefficient (Wildman–Crippen LogP) is 3.70. The topological polar surface area (TPSA) is 50.4 Å². The van der Waals surface area contributed by atoms with Gasteiger partial charge < -0.3 is 10.1 Å². The molecule has 1 aromatic carbocycles. The lowest BCUT2D eigenvalue weighted by atomic mass is 10.1. The summed E-state index contributed by atoms with van der Waals surface area (Å²) < 4.78 is 5.22. The highest BCUT2D eigenvalue weighted by molar-refractivity contribution is 5.84. The molecule has 1 rings (SSSR count). The zero-order chi connectivity index (χ0) is 14.5. The van der Waals surface area contributed by atoms with E-state index in [9.17, 15) is 4.79 Å². The third kappa shape index (κ3) is 5.75. The van der Waals surface area contributed by atoms with Crippen LogP contribution in [0.4, 0.5) is 10.5 Å². The van der Waals surface area contributed by atoms with Crippen molar-refractivity contribution < 1.29 is 9.53 Å². The summed E-state index contributed by atoms with van der Waals surface area (Å²) in [6.45, 7) is 10.6. The van der Waals surface area contributed by atoms with Crippen molar-refractivity contribution >= 4 is 11.8 Å². The zero-order valence-corrected chi connectivity index (χ0v) is 12.4. The summed E-state index contributed by atoms with van der Waals surface area (Å²) in [7, 11) is 0. The van der Waals surface area contributed by atoms with Gasteiger partial charge in [-0.2, -0.15) is 0 Å². The van der Waals surface area contributed by atoms with Crippen LogP contribution in [-0.2, 0) is 4.74 Å². The first-order valence-corrected chi connectivity index (χ1v) is 6.65. The normalized spacial score (nSPS) is 12.9. The Bertz CT molecular complexity index is 424. The van der Waals surface area contributed by atoms with Gasteiger partial charge in [-0.15, -0.1) is 0 Å². The van der Waals surface area contributed by atoms with Crippen LogP contribution in [0.25, 0.3) is 0 Å². The molecule has 4 heteroatoms. The quantitative estimate of drug-likeness (QED) is 0.871. The third-order valence-corrected chi connectivity index (χ3v) is 2.54. The third-order valence-electron chi connectivity index (χ3n) is 2.54. The van der Waals surface area contributed by atoms with Crippen molar-refractivity contribution in [2.45, 2.75) is 46.3 Å². The maximum atomic E-state index is 11.7. The molecular formula is C15H24N2O2. The summed E-state index contributed by atoms with van der Waals surface area (Å²) in [5, 5.41) is 6.08. The molecule has 106 valence electrons. The van der Waals surface area contributed by atoms with Crippen molar-refractivity contribution in [2.75, 3.05) is 11.9 Å². The van der Waals surface area contributed by atoms with E-state index in [0.717, 1.165) is 17.8 Å². The fraction of sp³-hybridized carbons (Fsp3) is 0.533. The Morgan fingerprint density at radius 2 is 2.05 bits per heavy atom.